The smallest absolute Gasteiger partial charge is 0.280 e. The van der Waals surface area contributed by atoms with Gasteiger partial charge in [0.1, 0.15) is 0 Å². The second kappa shape index (κ2) is 6.33. The van der Waals surface area contributed by atoms with Crippen LogP contribution in [0.15, 0.2) is 42.5 Å². The summed E-state index contributed by atoms with van der Waals surface area (Å²) in [5.41, 5.74) is 9.47. The van der Waals surface area contributed by atoms with Crippen molar-refractivity contribution in [2.75, 3.05) is 11.1 Å². The highest BCUT2D eigenvalue weighted by atomic mass is 35.5. The van der Waals surface area contributed by atoms with E-state index in [2.05, 4.69) is 15.6 Å². The zero-order chi connectivity index (χ0) is 17.3. The van der Waals surface area contributed by atoms with Crippen molar-refractivity contribution in [3.05, 3.63) is 64.3 Å². The molecule has 0 aliphatic rings. The summed E-state index contributed by atoms with van der Waals surface area (Å²) in [6.07, 6.45) is 0. The second-order valence-corrected chi connectivity index (χ2v) is 5.92. The Hall–Kier alpha value is -2.86. The van der Waals surface area contributed by atoms with Crippen molar-refractivity contribution in [2.45, 2.75) is 13.8 Å². The van der Waals surface area contributed by atoms with Crippen LogP contribution in [0.25, 0.3) is 5.69 Å². The van der Waals surface area contributed by atoms with Gasteiger partial charge < -0.3 is 11.1 Å². The molecule has 0 atom stereocenters. The number of nitrogen functional groups attached to an aromatic ring is 1. The number of rotatable bonds is 3. The first-order valence-corrected chi connectivity index (χ1v) is 7.69. The maximum atomic E-state index is 12.5. The average Bonchev–Trinajstić information content (AvgIpc) is 2.92. The van der Waals surface area contributed by atoms with E-state index in [1.54, 1.807) is 24.3 Å². The van der Waals surface area contributed by atoms with Crippen LogP contribution >= 0.6 is 11.6 Å². The minimum atomic E-state index is -0.408. The number of aromatic nitrogens is 3. The summed E-state index contributed by atoms with van der Waals surface area (Å²) in [5, 5.41) is 11.2. The molecule has 0 aliphatic heterocycles. The Kier molecular flexibility index (Phi) is 4.22. The zero-order valence-electron chi connectivity index (χ0n) is 13.2. The van der Waals surface area contributed by atoms with Crippen molar-refractivity contribution >= 4 is 29.0 Å². The number of hydrogen-bond acceptors (Lipinski definition) is 4. The molecule has 1 heterocycles. The third kappa shape index (κ3) is 3.09. The number of carbonyl (C=O) groups is 1. The fraction of sp³-hybridized carbons (Fsp3) is 0.118. The highest BCUT2D eigenvalue weighted by molar-refractivity contribution is 6.30. The SMILES string of the molecule is Cc1ccc(C)c(NC(=O)c2nnn(-c3cccc(Cl)c3)c2N)c1. The van der Waals surface area contributed by atoms with Gasteiger partial charge in [-0.2, -0.15) is 4.68 Å². The van der Waals surface area contributed by atoms with Crippen molar-refractivity contribution in [1.82, 2.24) is 15.0 Å². The number of anilines is 2. The molecular formula is C17H16ClN5O. The van der Waals surface area contributed by atoms with E-state index in [9.17, 15) is 4.79 Å². The Labute approximate surface area is 144 Å². The van der Waals surface area contributed by atoms with Crippen LogP contribution in [-0.4, -0.2) is 20.9 Å². The van der Waals surface area contributed by atoms with Crippen LogP contribution in [0.1, 0.15) is 21.6 Å². The molecule has 0 unspecified atom stereocenters. The maximum absolute atomic E-state index is 12.5. The van der Waals surface area contributed by atoms with E-state index in [1.165, 1.54) is 4.68 Å². The molecule has 6 nitrogen and oxygen atoms in total. The number of nitrogens with one attached hydrogen (secondary N) is 1. The lowest BCUT2D eigenvalue weighted by molar-refractivity contribution is 0.102. The first-order valence-electron chi connectivity index (χ1n) is 7.31. The van der Waals surface area contributed by atoms with Crippen molar-refractivity contribution < 1.29 is 4.79 Å². The van der Waals surface area contributed by atoms with Gasteiger partial charge in [0, 0.05) is 10.7 Å². The summed E-state index contributed by atoms with van der Waals surface area (Å²) in [4.78, 5) is 12.5. The van der Waals surface area contributed by atoms with Crippen molar-refractivity contribution in [3.8, 4) is 5.69 Å². The van der Waals surface area contributed by atoms with Crippen LogP contribution in [0.5, 0.6) is 0 Å². The lowest BCUT2D eigenvalue weighted by atomic mass is 10.1. The fourth-order valence-electron chi connectivity index (χ4n) is 2.30. The molecule has 1 amide bonds. The molecule has 3 N–H and O–H groups in total. The molecule has 0 spiro atoms. The summed E-state index contributed by atoms with van der Waals surface area (Å²) in [5.74, 6) is -0.255. The quantitative estimate of drug-likeness (QED) is 0.764. The van der Waals surface area contributed by atoms with E-state index in [0.717, 1.165) is 16.8 Å². The second-order valence-electron chi connectivity index (χ2n) is 5.49. The van der Waals surface area contributed by atoms with E-state index in [0.29, 0.717) is 10.7 Å². The molecule has 0 radical (unpaired) electrons. The van der Waals surface area contributed by atoms with Crippen molar-refractivity contribution in [3.63, 3.8) is 0 Å². The summed E-state index contributed by atoms with van der Waals surface area (Å²) < 4.78 is 1.38. The first kappa shape index (κ1) is 16.0. The van der Waals surface area contributed by atoms with E-state index in [-0.39, 0.29) is 11.5 Å². The van der Waals surface area contributed by atoms with Crippen LogP contribution in [0.3, 0.4) is 0 Å². The van der Waals surface area contributed by atoms with Gasteiger partial charge in [0.25, 0.3) is 5.91 Å². The molecule has 0 fully saturated rings. The molecule has 3 aromatic rings. The number of carbonyl (C=O) groups excluding carboxylic acids is 1. The highest BCUT2D eigenvalue weighted by Gasteiger charge is 2.19. The van der Waals surface area contributed by atoms with E-state index in [4.69, 9.17) is 17.3 Å². The lowest BCUT2D eigenvalue weighted by Gasteiger charge is -2.08. The Bertz CT molecular complexity index is 919. The maximum Gasteiger partial charge on any atom is 0.280 e. The first-order chi connectivity index (χ1) is 11.5. The topological polar surface area (TPSA) is 85.8 Å². The fourth-order valence-corrected chi connectivity index (χ4v) is 2.49. The zero-order valence-corrected chi connectivity index (χ0v) is 14.0. The average molecular weight is 342 g/mol. The van der Waals surface area contributed by atoms with Crippen LogP contribution in [0, 0.1) is 13.8 Å². The molecule has 1 aromatic heterocycles. The third-order valence-corrected chi connectivity index (χ3v) is 3.85. The Balaban J connectivity index is 1.90. The summed E-state index contributed by atoms with van der Waals surface area (Å²) in [6, 6.07) is 12.8. The van der Waals surface area contributed by atoms with Gasteiger partial charge in [-0.1, -0.05) is 35.0 Å². The molecule has 0 aliphatic carbocycles. The summed E-state index contributed by atoms with van der Waals surface area (Å²) in [6.45, 7) is 3.88. The number of nitrogens with two attached hydrogens (primary N) is 1. The predicted molar refractivity (Wildman–Crippen MR) is 94.7 cm³/mol. The van der Waals surface area contributed by atoms with Crippen LogP contribution in [0.2, 0.25) is 5.02 Å². The molecule has 0 bridgehead atoms. The molecule has 24 heavy (non-hydrogen) atoms. The van der Waals surface area contributed by atoms with Crippen molar-refractivity contribution in [1.29, 1.82) is 0 Å². The summed E-state index contributed by atoms with van der Waals surface area (Å²) in [7, 11) is 0. The molecule has 122 valence electrons. The molecule has 3 rings (SSSR count). The third-order valence-electron chi connectivity index (χ3n) is 3.61. The monoisotopic (exact) mass is 341 g/mol. The van der Waals surface area contributed by atoms with Crippen LogP contribution in [0.4, 0.5) is 11.5 Å². The number of halogens is 1. The number of hydrogen-bond donors (Lipinski definition) is 2. The van der Waals surface area contributed by atoms with Gasteiger partial charge in [-0.25, -0.2) is 0 Å². The van der Waals surface area contributed by atoms with Gasteiger partial charge in [-0.05, 0) is 49.2 Å². The summed E-state index contributed by atoms with van der Waals surface area (Å²) >= 11 is 5.97. The molecule has 0 saturated heterocycles. The van der Waals surface area contributed by atoms with E-state index in [1.807, 2.05) is 32.0 Å². The Morgan fingerprint density at radius 1 is 1.21 bits per heavy atom. The Morgan fingerprint density at radius 2 is 2.00 bits per heavy atom. The van der Waals surface area contributed by atoms with Crippen LogP contribution < -0.4 is 11.1 Å². The van der Waals surface area contributed by atoms with Gasteiger partial charge in [0.15, 0.2) is 11.5 Å². The normalized spacial score (nSPS) is 10.6. The van der Waals surface area contributed by atoms with Gasteiger partial charge in [0.2, 0.25) is 0 Å². The molecule has 2 aromatic carbocycles. The number of aryl methyl sites for hydroxylation is 2. The number of benzene rings is 2. The Morgan fingerprint density at radius 3 is 2.75 bits per heavy atom. The van der Waals surface area contributed by atoms with Crippen molar-refractivity contribution in [2.24, 2.45) is 0 Å². The molecule has 7 heteroatoms. The van der Waals surface area contributed by atoms with Gasteiger partial charge in [-0.3, -0.25) is 4.79 Å². The largest absolute Gasteiger partial charge is 0.382 e. The van der Waals surface area contributed by atoms with E-state index < -0.39 is 5.91 Å². The van der Waals surface area contributed by atoms with Gasteiger partial charge in [-0.15, -0.1) is 5.10 Å². The van der Waals surface area contributed by atoms with Gasteiger partial charge in [0.05, 0.1) is 5.69 Å². The lowest BCUT2D eigenvalue weighted by Crippen LogP contribution is -2.15. The van der Waals surface area contributed by atoms with Gasteiger partial charge >= 0.3 is 0 Å². The minimum Gasteiger partial charge on any atom is -0.382 e. The number of amides is 1. The molecular weight excluding hydrogens is 326 g/mol. The van der Waals surface area contributed by atoms with Crippen LogP contribution in [-0.2, 0) is 0 Å². The highest BCUT2D eigenvalue weighted by Crippen LogP contribution is 2.21. The minimum absolute atomic E-state index is 0.0656. The van der Waals surface area contributed by atoms with E-state index >= 15 is 0 Å². The molecule has 0 saturated carbocycles. The number of nitrogens with zero attached hydrogens (tertiary/aromatic N) is 3. The standard InChI is InChI=1S/C17H16ClN5O/c1-10-6-7-11(2)14(8-10)20-17(24)15-16(19)23(22-21-15)13-5-3-4-12(18)9-13/h3-9H,19H2,1-2H3,(H,20,24). The predicted octanol–water partition coefficient (Wildman–Crippen LogP) is 3.37.